The molecule has 0 radical (unpaired) electrons. The Kier molecular flexibility index (Phi) is 6.20. The molecular formula is C29H40N3+3. The topological polar surface area (TPSA) is 11.6 Å². The van der Waals surface area contributed by atoms with Crippen LogP contribution in [0.4, 0.5) is 0 Å². The highest BCUT2D eigenvalue weighted by atomic mass is 15.0. The molecular weight excluding hydrogens is 390 g/mol. The number of aromatic nitrogens is 3. The zero-order chi connectivity index (χ0) is 23.0. The summed E-state index contributed by atoms with van der Waals surface area (Å²) in [7, 11) is 2.21. The SMILES string of the molecule is CCCC[n+]1ccc(-c2cc3c([n+](C)c2)-c2cc(C)[n+](CCCC)cc2C3(C)C)cc1C. The van der Waals surface area contributed by atoms with Crippen molar-refractivity contribution in [3.8, 4) is 22.4 Å². The van der Waals surface area contributed by atoms with Gasteiger partial charge in [-0.15, -0.1) is 0 Å². The molecule has 4 rings (SSSR count). The number of hydrogen-bond donors (Lipinski definition) is 0. The molecule has 0 fully saturated rings. The summed E-state index contributed by atoms with van der Waals surface area (Å²) in [5.41, 5.74) is 10.9. The Morgan fingerprint density at radius 3 is 2.09 bits per heavy atom. The molecule has 168 valence electrons. The minimum Gasteiger partial charge on any atom is -0.203 e. The molecule has 3 aromatic heterocycles. The summed E-state index contributed by atoms with van der Waals surface area (Å²) in [6, 6.07) is 9.46. The predicted molar refractivity (Wildman–Crippen MR) is 130 cm³/mol. The second-order valence-electron chi connectivity index (χ2n) is 10.1. The number of nitrogens with zero attached hydrogens (tertiary/aromatic N) is 3. The predicted octanol–water partition coefficient (Wildman–Crippen LogP) is 5.28. The summed E-state index contributed by atoms with van der Waals surface area (Å²) >= 11 is 0. The monoisotopic (exact) mass is 430 g/mol. The van der Waals surface area contributed by atoms with Gasteiger partial charge in [-0.1, -0.05) is 40.5 Å². The van der Waals surface area contributed by atoms with E-state index in [1.165, 1.54) is 70.6 Å². The van der Waals surface area contributed by atoms with Crippen molar-refractivity contribution in [2.75, 3.05) is 0 Å². The Bertz CT molecular complexity index is 1160. The molecule has 0 spiro atoms. The number of fused-ring (bicyclic) bond motifs is 3. The van der Waals surface area contributed by atoms with E-state index in [2.05, 4.69) is 105 Å². The van der Waals surface area contributed by atoms with E-state index in [0.717, 1.165) is 13.1 Å². The Hall–Kier alpha value is -2.55. The van der Waals surface area contributed by atoms with Gasteiger partial charge in [0.2, 0.25) is 5.69 Å². The molecule has 0 N–H and O–H groups in total. The van der Waals surface area contributed by atoms with Gasteiger partial charge in [0.1, 0.15) is 20.1 Å². The number of pyridine rings is 3. The fourth-order valence-corrected chi connectivity index (χ4v) is 5.20. The lowest BCUT2D eigenvalue weighted by Gasteiger charge is -2.19. The van der Waals surface area contributed by atoms with Crippen molar-refractivity contribution in [1.29, 1.82) is 0 Å². The summed E-state index contributed by atoms with van der Waals surface area (Å²) in [5.74, 6) is 0. The lowest BCUT2D eigenvalue weighted by atomic mass is 9.82. The van der Waals surface area contributed by atoms with Crippen molar-refractivity contribution in [2.24, 2.45) is 7.05 Å². The Balaban J connectivity index is 1.79. The van der Waals surface area contributed by atoms with Gasteiger partial charge < -0.3 is 0 Å². The van der Waals surface area contributed by atoms with E-state index in [-0.39, 0.29) is 5.41 Å². The Morgan fingerprint density at radius 1 is 0.781 bits per heavy atom. The molecule has 0 unspecified atom stereocenters. The second-order valence-corrected chi connectivity index (χ2v) is 10.1. The molecule has 32 heavy (non-hydrogen) atoms. The second kappa shape index (κ2) is 8.77. The van der Waals surface area contributed by atoms with Crippen molar-refractivity contribution in [1.82, 2.24) is 0 Å². The minimum absolute atomic E-state index is 0.00897. The van der Waals surface area contributed by atoms with Gasteiger partial charge in [-0.05, 0) is 11.6 Å². The highest BCUT2D eigenvalue weighted by Crippen LogP contribution is 2.47. The van der Waals surface area contributed by atoms with Crippen molar-refractivity contribution < 1.29 is 13.7 Å². The largest absolute Gasteiger partial charge is 0.217 e. The number of unbranched alkanes of at least 4 members (excludes halogenated alkanes) is 2. The van der Waals surface area contributed by atoms with E-state index in [1.807, 2.05) is 0 Å². The van der Waals surface area contributed by atoms with Gasteiger partial charge in [-0.2, -0.15) is 0 Å². The maximum Gasteiger partial charge on any atom is 0.217 e. The maximum atomic E-state index is 2.45. The smallest absolute Gasteiger partial charge is 0.203 e. The molecule has 0 aliphatic heterocycles. The molecule has 3 heterocycles. The van der Waals surface area contributed by atoms with Crippen LogP contribution < -0.4 is 13.7 Å². The molecule has 0 aromatic carbocycles. The molecule has 0 atom stereocenters. The van der Waals surface area contributed by atoms with Gasteiger partial charge in [0.15, 0.2) is 30.0 Å². The van der Waals surface area contributed by atoms with Crippen LogP contribution in [-0.2, 0) is 25.6 Å². The molecule has 1 aliphatic rings. The summed E-state index contributed by atoms with van der Waals surface area (Å²) < 4.78 is 7.17. The van der Waals surface area contributed by atoms with Crippen LogP contribution in [0.25, 0.3) is 22.4 Å². The van der Waals surface area contributed by atoms with E-state index < -0.39 is 0 Å². The van der Waals surface area contributed by atoms with E-state index in [0.29, 0.717) is 0 Å². The third-order valence-electron chi connectivity index (χ3n) is 7.31. The lowest BCUT2D eigenvalue weighted by Crippen LogP contribution is -2.38. The Labute approximate surface area is 194 Å². The number of rotatable bonds is 7. The van der Waals surface area contributed by atoms with Crippen LogP contribution in [0.5, 0.6) is 0 Å². The van der Waals surface area contributed by atoms with Crippen LogP contribution in [0, 0.1) is 13.8 Å². The summed E-state index contributed by atoms with van der Waals surface area (Å²) in [5, 5.41) is 0. The van der Waals surface area contributed by atoms with Gasteiger partial charge in [-0.3, -0.25) is 0 Å². The summed E-state index contributed by atoms with van der Waals surface area (Å²) in [6.45, 7) is 16.0. The van der Waals surface area contributed by atoms with E-state index >= 15 is 0 Å². The van der Waals surface area contributed by atoms with Crippen LogP contribution in [0.3, 0.4) is 0 Å². The van der Waals surface area contributed by atoms with Crippen LogP contribution in [-0.4, -0.2) is 0 Å². The molecule has 1 aliphatic carbocycles. The molecule has 3 aromatic rings. The van der Waals surface area contributed by atoms with Crippen LogP contribution in [0.15, 0.2) is 42.9 Å². The van der Waals surface area contributed by atoms with Crippen LogP contribution in [0.1, 0.15) is 75.9 Å². The first kappa shape index (κ1) is 22.6. The number of aryl methyl sites for hydroxylation is 5. The molecule has 0 saturated heterocycles. The molecule has 0 amide bonds. The van der Waals surface area contributed by atoms with Crippen LogP contribution in [0.2, 0.25) is 0 Å². The fraction of sp³-hybridized carbons (Fsp3) is 0.483. The minimum atomic E-state index is -0.00897. The van der Waals surface area contributed by atoms with E-state index in [1.54, 1.807) is 0 Å². The van der Waals surface area contributed by atoms with Crippen molar-refractivity contribution in [3.63, 3.8) is 0 Å². The third kappa shape index (κ3) is 3.87. The third-order valence-corrected chi connectivity index (χ3v) is 7.31. The van der Waals surface area contributed by atoms with Gasteiger partial charge in [-0.25, -0.2) is 13.7 Å². The van der Waals surface area contributed by atoms with Crippen molar-refractivity contribution in [2.45, 2.75) is 85.7 Å². The van der Waals surface area contributed by atoms with Gasteiger partial charge >= 0.3 is 0 Å². The maximum absolute atomic E-state index is 2.45. The van der Waals surface area contributed by atoms with E-state index in [4.69, 9.17) is 0 Å². The quantitative estimate of drug-likeness (QED) is 0.452. The first-order valence-corrected chi connectivity index (χ1v) is 12.4. The zero-order valence-electron chi connectivity index (χ0n) is 21.1. The molecule has 0 saturated carbocycles. The summed E-state index contributed by atoms with van der Waals surface area (Å²) in [6.07, 6.45) is 11.9. The first-order chi connectivity index (χ1) is 15.3. The van der Waals surface area contributed by atoms with Crippen molar-refractivity contribution >= 4 is 0 Å². The van der Waals surface area contributed by atoms with Crippen molar-refractivity contribution in [3.05, 3.63) is 65.4 Å². The standard InChI is InChI=1S/C29H40N3/c1-8-10-13-31-15-12-23(16-21(31)3)24-18-26-28(30(7)19-24)25-17-22(4)32(14-11-9-2)20-27(25)29(26,5)6/h12,15-20H,8-11,13-14H2,1-7H3/q+3. The highest BCUT2D eigenvalue weighted by Gasteiger charge is 2.43. The fourth-order valence-electron chi connectivity index (χ4n) is 5.20. The first-order valence-electron chi connectivity index (χ1n) is 12.4. The number of hydrogen-bond acceptors (Lipinski definition) is 0. The zero-order valence-corrected chi connectivity index (χ0v) is 21.1. The van der Waals surface area contributed by atoms with Gasteiger partial charge in [0, 0.05) is 67.0 Å². The molecule has 0 bridgehead atoms. The summed E-state index contributed by atoms with van der Waals surface area (Å²) in [4.78, 5) is 0. The van der Waals surface area contributed by atoms with Crippen LogP contribution >= 0.6 is 0 Å². The van der Waals surface area contributed by atoms with Gasteiger partial charge in [0.05, 0.1) is 5.56 Å². The molecule has 3 nitrogen and oxygen atoms in total. The molecule has 3 heteroatoms. The average molecular weight is 431 g/mol. The normalized spacial score (nSPS) is 13.8. The van der Waals surface area contributed by atoms with E-state index in [9.17, 15) is 0 Å². The average Bonchev–Trinajstić information content (AvgIpc) is 2.97. The Morgan fingerprint density at radius 2 is 1.44 bits per heavy atom. The lowest BCUT2D eigenvalue weighted by molar-refractivity contribution is -0.703. The highest BCUT2D eigenvalue weighted by molar-refractivity contribution is 5.77. The van der Waals surface area contributed by atoms with Gasteiger partial charge in [0.25, 0.3) is 0 Å².